The fourth-order valence-corrected chi connectivity index (χ4v) is 9.62. The molecule has 6 aromatic rings. The van der Waals surface area contributed by atoms with Gasteiger partial charge in [-0.25, -0.2) is 14.4 Å². The lowest BCUT2D eigenvalue weighted by Crippen LogP contribution is -2.69. The first-order valence-corrected chi connectivity index (χ1v) is 29.6. The molecule has 16 heteroatoms. The molecule has 0 aliphatic carbocycles. The molecule has 0 unspecified atom stereocenters. The maximum Gasteiger partial charge on any atom is 0.338 e. The quantitative estimate of drug-likeness (QED) is 0.0345. The van der Waals surface area contributed by atoms with Gasteiger partial charge in [0.1, 0.15) is 43.2 Å². The molecule has 77 heavy (non-hydrogen) atoms. The molecule has 1 N–H and O–H groups in total. The van der Waals surface area contributed by atoms with Crippen molar-refractivity contribution in [1.82, 2.24) is 5.32 Å². The van der Waals surface area contributed by atoms with E-state index >= 15 is 0 Å². The smallest absolute Gasteiger partial charge is 0.338 e. The number of amides is 1. The third-order valence-electron chi connectivity index (χ3n) is 12.9. The predicted octanol–water partition coefficient (Wildman–Crippen LogP) is 9.38. The topological polar surface area (TPSA) is 173 Å². The van der Waals surface area contributed by atoms with E-state index in [1.54, 1.807) is 91.0 Å². The number of benzene rings is 6. The lowest BCUT2D eigenvalue weighted by atomic mass is 9.94. The van der Waals surface area contributed by atoms with Crippen molar-refractivity contribution in [3.8, 4) is 0 Å². The second-order valence-corrected chi connectivity index (χ2v) is 25.7. The van der Waals surface area contributed by atoms with Crippen LogP contribution >= 0.6 is 0 Å². The molecule has 10 atom stereocenters. The van der Waals surface area contributed by atoms with Crippen molar-refractivity contribution in [2.75, 3.05) is 19.8 Å². The van der Waals surface area contributed by atoms with Gasteiger partial charge in [0.2, 0.25) is 5.91 Å². The minimum atomic E-state index is -1.62. The van der Waals surface area contributed by atoms with E-state index in [0.29, 0.717) is 6.61 Å². The Morgan fingerprint density at radius 2 is 0.896 bits per heavy atom. The first-order valence-electron chi connectivity index (χ1n) is 25.9. The molecule has 2 aliphatic heterocycles. The Hall–Kier alpha value is -6.86. The summed E-state index contributed by atoms with van der Waals surface area (Å²) in [7, 11) is -1.62. The van der Waals surface area contributed by atoms with Crippen LogP contribution in [0.2, 0.25) is 25.7 Å². The van der Waals surface area contributed by atoms with E-state index in [-0.39, 0.29) is 43.1 Å². The molecule has 2 heterocycles. The molecular formula is C61H67NO14Si. The van der Waals surface area contributed by atoms with Crippen LogP contribution in [-0.4, -0.2) is 113 Å². The van der Waals surface area contributed by atoms with Crippen LogP contribution < -0.4 is 5.32 Å². The highest BCUT2D eigenvalue weighted by atomic mass is 28.3. The third-order valence-corrected chi connectivity index (χ3v) is 14.6. The molecule has 0 bridgehead atoms. The first kappa shape index (κ1) is 56.3. The van der Waals surface area contributed by atoms with Gasteiger partial charge in [-0.05, 0) is 59.1 Å². The summed E-state index contributed by atoms with van der Waals surface area (Å²) < 4.78 is 66.8. The molecule has 8 rings (SSSR count). The Kier molecular flexibility index (Phi) is 20.5. The maximum absolute atomic E-state index is 14.3. The van der Waals surface area contributed by atoms with Gasteiger partial charge in [-0.1, -0.05) is 165 Å². The molecule has 6 aromatic carbocycles. The van der Waals surface area contributed by atoms with Crippen molar-refractivity contribution < 1.29 is 66.5 Å². The standard InChI is InChI=1S/C61H67NO14Si/c1-42(63)62-51-54(75-59(66)48-33-21-10-22-34-48)52(74-58(65)47-31-19-9-20-32-47)50(41-71-57(64)46-29-17-8-18-30-46)72-60(51)76-53-49(40-67-37-43-23-11-5-12-24-43)73-61(68-35-36-77(2,3)4)56(70-39-45-27-15-7-16-28-45)55(53)69-38-44-25-13-6-14-26-44/h5-34,49-56,60-61H,35-41H2,1-4H3,(H,62,63)/t49-,50-,51+,52-,53-,54-,55+,56-,60+,61-/m1/s1. The first-order chi connectivity index (χ1) is 37.4. The van der Waals surface area contributed by atoms with Crippen molar-refractivity contribution in [1.29, 1.82) is 0 Å². The van der Waals surface area contributed by atoms with E-state index in [0.717, 1.165) is 22.7 Å². The highest BCUT2D eigenvalue weighted by molar-refractivity contribution is 6.76. The molecule has 2 aliphatic rings. The fraction of sp³-hybridized carbons (Fsp3) is 0.344. The molecule has 15 nitrogen and oxygen atoms in total. The zero-order valence-corrected chi connectivity index (χ0v) is 44.8. The van der Waals surface area contributed by atoms with Crippen molar-refractivity contribution in [2.24, 2.45) is 0 Å². The number of hydrogen-bond donors (Lipinski definition) is 1. The molecule has 0 aromatic heterocycles. The lowest BCUT2D eigenvalue weighted by molar-refractivity contribution is -0.358. The number of hydrogen-bond acceptors (Lipinski definition) is 14. The Balaban J connectivity index is 1.23. The Morgan fingerprint density at radius 1 is 0.468 bits per heavy atom. The van der Waals surface area contributed by atoms with Crippen LogP contribution in [0.1, 0.15) is 54.7 Å². The minimum absolute atomic E-state index is 0.0522. The van der Waals surface area contributed by atoms with Crippen LogP contribution in [0, 0.1) is 0 Å². The summed E-state index contributed by atoms with van der Waals surface area (Å²) in [5.74, 6) is -2.87. The molecular weight excluding hydrogens is 999 g/mol. The second-order valence-electron chi connectivity index (χ2n) is 20.1. The van der Waals surface area contributed by atoms with E-state index in [2.05, 4.69) is 25.0 Å². The normalized spacial score (nSPS) is 23.3. The average Bonchev–Trinajstić information content (AvgIpc) is 3.46. The van der Waals surface area contributed by atoms with Gasteiger partial charge in [-0.15, -0.1) is 0 Å². The van der Waals surface area contributed by atoms with Crippen molar-refractivity contribution >= 4 is 31.9 Å². The highest BCUT2D eigenvalue weighted by Gasteiger charge is 2.56. The second kappa shape index (κ2) is 28.0. The maximum atomic E-state index is 14.3. The summed E-state index contributed by atoms with van der Waals surface area (Å²) in [5.41, 5.74) is 3.24. The van der Waals surface area contributed by atoms with Gasteiger partial charge in [0.05, 0.1) is 43.1 Å². The predicted molar refractivity (Wildman–Crippen MR) is 288 cm³/mol. The van der Waals surface area contributed by atoms with Crippen LogP contribution in [0.5, 0.6) is 0 Å². The van der Waals surface area contributed by atoms with E-state index < -0.39 is 99.8 Å². The van der Waals surface area contributed by atoms with Crippen LogP contribution in [0.4, 0.5) is 0 Å². The van der Waals surface area contributed by atoms with E-state index in [4.69, 9.17) is 47.4 Å². The number of ether oxygens (including phenoxy) is 10. The highest BCUT2D eigenvalue weighted by Crippen LogP contribution is 2.36. The summed E-state index contributed by atoms with van der Waals surface area (Å²) >= 11 is 0. The van der Waals surface area contributed by atoms with Gasteiger partial charge >= 0.3 is 17.9 Å². The van der Waals surface area contributed by atoms with Crippen LogP contribution in [0.3, 0.4) is 0 Å². The van der Waals surface area contributed by atoms with E-state index in [9.17, 15) is 19.2 Å². The Bertz CT molecular complexity index is 2760. The van der Waals surface area contributed by atoms with E-state index in [1.807, 2.05) is 91.0 Å². The molecule has 0 radical (unpaired) electrons. The summed E-state index contributed by atoms with van der Waals surface area (Å²) in [6.07, 6.45) is -11.1. The van der Waals surface area contributed by atoms with Crippen molar-refractivity contribution in [3.63, 3.8) is 0 Å². The SMILES string of the molecule is CC(=O)N[C@@H]1[C@H](O[C@H]2[C@H](OCc3ccccc3)[C@@H](OCc3ccccc3)[C@H](OCC[Si](C)(C)C)O[C@@H]2COCc2ccccc2)O[C@H](COC(=O)c2ccccc2)[C@@H](OC(=O)c2ccccc2)[C@@H]1OC(=O)c1ccccc1. The molecule has 1 amide bonds. The summed E-state index contributed by atoms with van der Waals surface area (Å²) in [5, 5.41) is 2.91. The number of esters is 3. The van der Waals surface area contributed by atoms with Gasteiger partial charge in [0.15, 0.2) is 24.8 Å². The number of carbonyl (C=O) groups excluding carboxylic acids is 4. The molecule has 2 saturated heterocycles. The van der Waals surface area contributed by atoms with Crippen LogP contribution in [-0.2, 0) is 72.0 Å². The van der Waals surface area contributed by atoms with Crippen molar-refractivity contribution in [3.05, 3.63) is 215 Å². The van der Waals surface area contributed by atoms with Gasteiger partial charge in [-0.2, -0.15) is 0 Å². The van der Waals surface area contributed by atoms with Gasteiger partial charge in [-0.3, -0.25) is 4.79 Å². The number of nitrogens with one attached hydrogen (secondary N) is 1. The largest absolute Gasteiger partial charge is 0.459 e. The summed E-state index contributed by atoms with van der Waals surface area (Å²) in [6, 6.07) is 53.2. The average molecular weight is 1070 g/mol. The number of carbonyl (C=O) groups is 4. The van der Waals surface area contributed by atoms with Gasteiger partial charge < -0.3 is 52.7 Å². The van der Waals surface area contributed by atoms with Gasteiger partial charge in [0, 0.05) is 21.6 Å². The van der Waals surface area contributed by atoms with Crippen molar-refractivity contribution in [2.45, 2.75) is 114 Å². The Morgan fingerprint density at radius 3 is 1.39 bits per heavy atom. The van der Waals surface area contributed by atoms with Crippen LogP contribution in [0.15, 0.2) is 182 Å². The minimum Gasteiger partial charge on any atom is -0.459 e. The molecule has 404 valence electrons. The monoisotopic (exact) mass is 1070 g/mol. The zero-order valence-electron chi connectivity index (χ0n) is 43.8. The van der Waals surface area contributed by atoms with Crippen LogP contribution in [0.25, 0.3) is 0 Å². The summed E-state index contributed by atoms with van der Waals surface area (Å²) in [4.78, 5) is 55.8. The van der Waals surface area contributed by atoms with Gasteiger partial charge in [0.25, 0.3) is 0 Å². The summed E-state index contributed by atoms with van der Waals surface area (Å²) in [6.45, 7) is 8.34. The Labute approximate surface area is 451 Å². The lowest BCUT2D eigenvalue weighted by Gasteiger charge is -2.50. The molecule has 0 spiro atoms. The number of rotatable bonds is 24. The molecule has 0 saturated carbocycles. The molecule has 2 fully saturated rings. The van der Waals surface area contributed by atoms with E-state index in [1.165, 1.54) is 6.92 Å². The fourth-order valence-electron chi connectivity index (χ4n) is 8.88. The zero-order chi connectivity index (χ0) is 54.0. The third kappa shape index (κ3) is 16.6.